The highest BCUT2D eigenvalue weighted by molar-refractivity contribution is 9.10. The highest BCUT2D eigenvalue weighted by Gasteiger charge is 2.63. The molecule has 2 aromatic carbocycles. The topological polar surface area (TPSA) is 52.9 Å². The molecule has 2 aromatic rings. The van der Waals surface area contributed by atoms with Gasteiger partial charge in [0.1, 0.15) is 0 Å². The van der Waals surface area contributed by atoms with Crippen LogP contribution in [0.15, 0.2) is 64.2 Å². The Morgan fingerprint density at radius 2 is 1.72 bits per heavy atom. The molecule has 8 heteroatoms. The van der Waals surface area contributed by atoms with E-state index in [0.29, 0.717) is 10.0 Å². The van der Waals surface area contributed by atoms with Crippen LogP contribution in [0.25, 0.3) is 0 Å². The SMILES string of the molecule is O=C(c1ccc(Br)cc1)N1N=C(c2ccccc2)CC1(O)C(F)(F)F. The minimum Gasteiger partial charge on any atom is -0.362 e. The van der Waals surface area contributed by atoms with Crippen molar-refractivity contribution in [1.82, 2.24) is 5.01 Å². The number of halogens is 4. The molecule has 1 atom stereocenters. The summed E-state index contributed by atoms with van der Waals surface area (Å²) >= 11 is 3.19. The van der Waals surface area contributed by atoms with Gasteiger partial charge in [0.05, 0.1) is 12.1 Å². The molecule has 3 rings (SSSR count). The third-order valence-corrected chi connectivity index (χ3v) is 4.36. The number of carbonyl (C=O) groups excluding carboxylic acids is 1. The van der Waals surface area contributed by atoms with E-state index in [1.165, 1.54) is 24.3 Å². The van der Waals surface area contributed by atoms with Crippen molar-refractivity contribution < 1.29 is 23.1 Å². The van der Waals surface area contributed by atoms with Crippen LogP contribution in [-0.4, -0.2) is 33.6 Å². The molecule has 4 nitrogen and oxygen atoms in total. The van der Waals surface area contributed by atoms with E-state index in [-0.39, 0.29) is 16.3 Å². The van der Waals surface area contributed by atoms with Crippen LogP contribution in [0.2, 0.25) is 0 Å². The normalized spacial score (nSPS) is 20.5. The zero-order valence-electron chi connectivity index (χ0n) is 12.7. The molecule has 1 N–H and O–H groups in total. The summed E-state index contributed by atoms with van der Waals surface area (Å²) in [4.78, 5) is 12.5. The lowest BCUT2D eigenvalue weighted by Crippen LogP contribution is -2.56. The van der Waals surface area contributed by atoms with Crippen LogP contribution < -0.4 is 0 Å². The molecule has 1 heterocycles. The van der Waals surface area contributed by atoms with E-state index in [0.717, 1.165) is 0 Å². The van der Waals surface area contributed by atoms with Crippen molar-refractivity contribution in [1.29, 1.82) is 0 Å². The van der Waals surface area contributed by atoms with E-state index in [4.69, 9.17) is 0 Å². The highest BCUT2D eigenvalue weighted by atomic mass is 79.9. The van der Waals surface area contributed by atoms with Crippen molar-refractivity contribution in [2.24, 2.45) is 5.10 Å². The Hall–Kier alpha value is -2.19. The zero-order chi connectivity index (χ0) is 18.2. The first kappa shape index (κ1) is 17.6. The number of hydrogen-bond acceptors (Lipinski definition) is 3. The van der Waals surface area contributed by atoms with Gasteiger partial charge in [-0.05, 0) is 29.8 Å². The Balaban J connectivity index is 2.04. The highest BCUT2D eigenvalue weighted by Crippen LogP contribution is 2.42. The average molecular weight is 413 g/mol. The van der Waals surface area contributed by atoms with E-state index in [2.05, 4.69) is 21.0 Å². The maximum Gasteiger partial charge on any atom is 0.438 e. The average Bonchev–Trinajstić information content (AvgIpc) is 2.95. The maximum atomic E-state index is 13.5. The summed E-state index contributed by atoms with van der Waals surface area (Å²) < 4.78 is 41.2. The van der Waals surface area contributed by atoms with Crippen LogP contribution in [0.3, 0.4) is 0 Å². The third kappa shape index (κ3) is 3.19. The van der Waals surface area contributed by atoms with E-state index in [9.17, 15) is 23.1 Å². The van der Waals surface area contributed by atoms with Gasteiger partial charge in [-0.1, -0.05) is 46.3 Å². The maximum absolute atomic E-state index is 13.5. The Morgan fingerprint density at radius 1 is 1.12 bits per heavy atom. The van der Waals surface area contributed by atoms with Gasteiger partial charge in [0.25, 0.3) is 11.6 Å². The number of amides is 1. The summed E-state index contributed by atoms with van der Waals surface area (Å²) in [5, 5.41) is 14.2. The largest absolute Gasteiger partial charge is 0.438 e. The van der Waals surface area contributed by atoms with Gasteiger partial charge in [-0.15, -0.1) is 0 Å². The summed E-state index contributed by atoms with van der Waals surface area (Å²) in [5.41, 5.74) is -2.99. The van der Waals surface area contributed by atoms with Crippen LogP contribution in [-0.2, 0) is 0 Å². The van der Waals surface area contributed by atoms with Crippen LogP contribution >= 0.6 is 15.9 Å². The third-order valence-electron chi connectivity index (χ3n) is 3.83. The Morgan fingerprint density at radius 3 is 2.28 bits per heavy atom. The Labute approximate surface area is 149 Å². The molecule has 0 fully saturated rings. The van der Waals surface area contributed by atoms with Crippen molar-refractivity contribution in [3.05, 3.63) is 70.2 Å². The number of carbonyl (C=O) groups is 1. The quantitative estimate of drug-likeness (QED) is 0.811. The first-order valence-corrected chi connectivity index (χ1v) is 8.04. The van der Waals surface area contributed by atoms with Gasteiger partial charge >= 0.3 is 6.18 Å². The Kier molecular flexibility index (Phi) is 4.42. The smallest absolute Gasteiger partial charge is 0.362 e. The molecule has 0 saturated heterocycles. The second-order valence-corrected chi connectivity index (χ2v) is 6.44. The van der Waals surface area contributed by atoms with Crippen molar-refractivity contribution in [2.45, 2.75) is 18.3 Å². The molecule has 0 bridgehead atoms. The molecule has 1 amide bonds. The van der Waals surface area contributed by atoms with Gasteiger partial charge in [0, 0.05) is 10.0 Å². The number of hydrazone groups is 1. The first-order chi connectivity index (χ1) is 11.7. The van der Waals surface area contributed by atoms with E-state index < -0.39 is 24.2 Å². The second kappa shape index (κ2) is 6.27. The molecule has 0 aromatic heterocycles. The van der Waals surface area contributed by atoms with Gasteiger partial charge in [0.15, 0.2) is 0 Å². The molecule has 1 aliphatic rings. The number of alkyl halides is 3. The van der Waals surface area contributed by atoms with Gasteiger partial charge in [0.2, 0.25) is 0 Å². The van der Waals surface area contributed by atoms with E-state index in [1.54, 1.807) is 30.3 Å². The number of aliphatic hydroxyl groups is 1. The van der Waals surface area contributed by atoms with Gasteiger partial charge in [-0.25, -0.2) is 0 Å². The fourth-order valence-corrected chi connectivity index (χ4v) is 2.75. The molecule has 1 aliphatic heterocycles. The lowest BCUT2D eigenvalue weighted by atomic mass is 10.0. The Bertz CT molecular complexity index is 822. The fraction of sp³-hybridized carbons (Fsp3) is 0.176. The molecule has 25 heavy (non-hydrogen) atoms. The van der Waals surface area contributed by atoms with Crippen molar-refractivity contribution in [2.75, 3.05) is 0 Å². The lowest BCUT2D eigenvalue weighted by Gasteiger charge is -2.32. The first-order valence-electron chi connectivity index (χ1n) is 7.24. The molecule has 130 valence electrons. The zero-order valence-corrected chi connectivity index (χ0v) is 14.3. The second-order valence-electron chi connectivity index (χ2n) is 5.53. The summed E-state index contributed by atoms with van der Waals surface area (Å²) in [5.74, 6) is -1.03. The molecule has 0 radical (unpaired) electrons. The molecule has 0 spiro atoms. The van der Waals surface area contributed by atoms with Crippen LogP contribution in [0, 0.1) is 0 Å². The number of hydrogen-bond donors (Lipinski definition) is 1. The summed E-state index contributed by atoms with van der Waals surface area (Å²) in [7, 11) is 0. The summed E-state index contributed by atoms with van der Waals surface area (Å²) in [6.07, 6.45) is -5.89. The van der Waals surface area contributed by atoms with Crippen molar-refractivity contribution in [3.8, 4) is 0 Å². The minimum atomic E-state index is -5.06. The van der Waals surface area contributed by atoms with E-state index in [1.807, 2.05) is 0 Å². The van der Waals surface area contributed by atoms with Crippen LogP contribution in [0.4, 0.5) is 13.2 Å². The molecule has 0 saturated carbocycles. The summed E-state index contributed by atoms with van der Waals surface area (Å²) in [6.45, 7) is 0. The number of nitrogens with zero attached hydrogens (tertiary/aromatic N) is 2. The molecule has 1 unspecified atom stereocenters. The predicted octanol–water partition coefficient (Wildman–Crippen LogP) is 3.95. The molecular weight excluding hydrogens is 401 g/mol. The summed E-state index contributed by atoms with van der Waals surface area (Å²) in [6, 6.07) is 13.9. The van der Waals surface area contributed by atoms with Gasteiger partial charge in [-0.3, -0.25) is 4.79 Å². The standard InChI is InChI=1S/C17H12BrF3N2O2/c18-13-8-6-12(7-9-13)15(24)23-16(25,17(19,20)21)10-14(22-23)11-4-2-1-3-5-11/h1-9,25H,10H2. The van der Waals surface area contributed by atoms with Gasteiger partial charge < -0.3 is 5.11 Å². The number of rotatable bonds is 2. The minimum absolute atomic E-state index is 0.00844. The monoisotopic (exact) mass is 412 g/mol. The fourth-order valence-electron chi connectivity index (χ4n) is 2.49. The van der Waals surface area contributed by atoms with Crippen LogP contribution in [0.1, 0.15) is 22.3 Å². The van der Waals surface area contributed by atoms with Crippen LogP contribution in [0.5, 0.6) is 0 Å². The molecular formula is C17H12BrF3N2O2. The van der Waals surface area contributed by atoms with E-state index >= 15 is 0 Å². The van der Waals surface area contributed by atoms with Gasteiger partial charge in [-0.2, -0.15) is 23.3 Å². The number of benzene rings is 2. The lowest BCUT2D eigenvalue weighted by molar-refractivity contribution is -0.297. The van der Waals surface area contributed by atoms with Crippen molar-refractivity contribution in [3.63, 3.8) is 0 Å². The predicted molar refractivity (Wildman–Crippen MR) is 88.9 cm³/mol. The van der Waals surface area contributed by atoms with Crippen molar-refractivity contribution >= 4 is 27.5 Å². The molecule has 0 aliphatic carbocycles.